The van der Waals surface area contributed by atoms with E-state index in [2.05, 4.69) is 10.3 Å². The van der Waals surface area contributed by atoms with Crippen molar-refractivity contribution in [3.63, 3.8) is 0 Å². The Bertz CT molecular complexity index is 325. The molecule has 0 fully saturated rings. The second-order valence-electron chi connectivity index (χ2n) is 3.22. The van der Waals surface area contributed by atoms with Crippen LogP contribution in [0.3, 0.4) is 0 Å². The Morgan fingerprint density at radius 2 is 2.38 bits per heavy atom. The first-order valence-corrected chi connectivity index (χ1v) is 5.35. The number of carbonyl (C=O) groups excluding carboxylic acids is 1. The van der Waals surface area contributed by atoms with E-state index in [0.717, 1.165) is 18.8 Å². The molecule has 0 radical (unpaired) electrons. The summed E-state index contributed by atoms with van der Waals surface area (Å²) in [5.41, 5.74) is 5.83. The molecule has 0 aliphatic heterocycles. The fraction of sp³-hybridized carbons (Fsp3) is 0.455. The van der Waals surface area contributed by atoms with Crippen LogP contribution in [-0.2, 0) is 4.74 Å². The molecule has 1 rings (SSSR count). The maximum Gasteiger partial charge on any atom is 0.339 e. The van der Waals surface area contributed by atoms with E-state index in [1.807, 2.05) is 0 Å². The van der Waals surface area contributed by atoms with Gasteiger partial charge in [0.2, 0.25) is 0 Å². The molecule has 16 heavy (non-hydrogen) atoms. The number of nitrogens with one attached hydrogen (secondary N) is 1. The first kappa shape index (κ1) is 12.4. The SMILES string of the molecule is CCOC(=O)c1ccc(NCCCN)nc1. The Labute approximate surface area is 95.0 Å². The van der Waals surface area contributed by atoms with Gasteiger partial charge in [0.1, 0.15) is 5.82 Å². The molecule has 3 N–H and O–H groups in total. The number of rotatable bonds is 6. The zero-order valence-electron chi connectivity index (χ0n) is 9.40. The molecule has 1 aromatic heterocycles. The number of ether oxygens (including phenoxy) is 1. The van der Waals surface area contributed by atoms with Gasteiger partial charge in [0, 0.05) is 12.7 Å². The van der Waals surface area contributed by atoms with E-state index in [9.17, 15) is 4.79 Å². The number of nitrogens with two attached hydrogens (primary N) is 1. The van der Waals surface area contributed by atoms with Gasteiger partial charge >= 0.3 is 5.97 Å². The summed E-state index contributed by atoms with van der Waals surface area (Å²) >= 11 is 0. The quantitative estimate of drug-likeness (QED) is 0.556. The van der Waals surface area contributed by atoms with E-state index in [1.54, 1.807) is 19.1 Å². The average molecular weight is 223 g/mol. The Morgan fingerprint density at radius 1 is 1.56 bits per heavy atom. The maximum absolute atomic E-state index is 11.3. The van der Waals surface area contributed by atoms with Crippen LogP contribution in [0.25, 0.3) is 0 Å². The predicted molar refractivity (Wildman–Crippen MR) is 62.4 cm³/mol. The van der Waals surface area contributed by atoms with Crippen LogP contribution in [0.2, 0.25) is 0 Å². The molecule has 0 aliphatic carbocycles. The number of anilines is 1. The average Bonchev–Trinajstić information content (AvgIpc) is 2.30. The minimum atomic E-state index is -0.344. The molecule has 5 nitrogen and oxygen atoms in total. The number of hydrogen-bond acceptors (Lipinski definition) is 5. The summed E-state index contributed by atoms with van der Waals surface area (Å²) in [5.74, 6) is 0.394. The topological polar surface area (TPSA) is 77.2 Å². The minimum Gasteiger partial charge on any atom is -0.462 e. The summed E-state index contributed by atoms with van der Waals surface area (Å²) in [6.07, 6.45) is 2.39. The lowest BCUT2D eigenvalue weighted by atomic mass is 10.3. The van der Waals surface area contributed by atoms with Gasteiger partial charge in [-0.3, -0.25) is 0 Å². The fourth-order valence-corrected chi connectivity index (χ4v) is 1.15. The van der Waals surface area contributed by atoms with Crippen LogP contribution in [-0.4, -0.2) is 30.6 Å². The van der Waals surface area contributed by atoms with E-state index >= 15 is 0 Å². The third-order valence-corrected chi connectivity index (χ3v) is 1.96. The van der Waals surface area contributed by atoms with Gasteiger partial charge in [-0.1, -0.05) is 0 Å². The molecule has 0 atom stereocenters. The molecular weight excluding hydrogens is 206 g/mol. The Morgan fingerprint density at radius 3 is 2.94 bits per heavy atom. The number of carbonyl (C=O) groups is 1. The summed E-state index contributed by atoms with van der Waals surface area (Å²) in [7, 11) is 0. The highest BCUT2D eigenvalue weighted by Crippen LogP contribution is 2.06. The van der Waals surface area contributed by atoms with E-state index in [4.69, 9.17) is 10.5 Å². The summed E-state index contributed by atoms with van der Waals surface area (Å²) in [5, 5.41) is 3.10. The molecule has 88 valence electrons. The zero-order valence-corrected chi connectivity index (χ0v) is 9.40. The van der Waals surface area contributed by atoms with E-state index < -0.39 is 0 Å². The maximum atomic E-state index is 11.3. The van der Waals surface area contributed by atoms with Crippen LogP contribution in [0.5, 0.6) is 0 Å². The molecule has 0 unspecified atom stereocenters. The van der Waals surface area contributed by atoms with Crippen molar-refractivity contribution in [3.8, 4) is 0 Å². The first-order chi connectivity index (χ1) is 7.77. The van der Waals surface area contributed by atoms with Crippen molar-refractivity contribution in [2.75, 3.05) is 25.0 Å². The largest absolute Gasteiger partial charge is 0.462 e. The van der Waals surface area contributed by atoms with Crippen LogP contribution in [0.1, 0.15) is 23.7 Å². The van der Waals surface area contributed by atoms with Crippen molar-refractivity contribution in [2.24, 2.45) is 5.73 Å². The lowest BCUT2D eigenvalue weighted by Crippen LogP contribution is -2.10. The minimum absolute atomic E-state index is 0.344. The van der Waals surface area contributed by atoms with Gasteiger partial charge < -0.3 is 15.8 Å². The first-order valence-electron chi connectivity index (χ1n) is 5.35. The smallest absolute Gasteiger partial charge is 0.339 e. The van der Waals surface area contributed by atoms with E-state index in [1.165, 1.54) is 6.20 Å². The van der Waals surface area contributed by atoms with Gasteiger partial charge in [-0.25, -0.2) is 9.78 Å². The number of pyridine rings is 1. The van der Waals surface area contributed by atoms with Gasteiger partial charge in [-0.2, -0.15) is 0 Å². The third kappa shape index (κ3) is 3.86. The van der Waals surface area contributed by atoms with Crippen molar-refractivity contribution < 1.29 is 9.53 Å². The number of hydrogen-bond donors (Lipinski definition) is 2. The molecule has 0 aliphatic rings. The van der Waals surface area contributed by atoms with Crippen molar-refractivity contribution in [2.45, 2.75) is 13.3 Å². The van der Waals surface area contributed by atoms with E-state index in [0.29, 0.717) is 18.7 Å². The van der Waals surface area contributed by atoms with Gasteiger partial charge in [0.15, 0.2) is 0 Å². The normalized spacial score (nSPS) is 9.88. The van der Waals surface area contributed by atoms with E-state index in [-0.39, 0.29) is 5.97 Å². The van der Waals surface area contributed by atoms with Crippen LogP contribution in [0.4, 0.5) is 5.82 Å². The highest BCUT2D eigenvalue weighted by Gasteiger charge is 2.05. The Hall–Kier alpha value is -1.62. The van der Waals surface area contributed by atoms with Gasteiger partial charge in [0.25, 0.3) is 0 Å². The van der Waals surface area contributed by atoms with Gasteiger partial charge in [-0.15, -0.1) is 0 Å². The van der Waals surface area contributed by atoms with Crippen LogP contribution in [0.15, 0.2) is 18.3 Å². The molecule has 1 heterocycles. The summed E-state index contributed by atoms with van der Waals surface area (Å²) < 4.78 is 4.85. The monoisotopic (exact) mass is 223 g/mol. The molecular formula is C11H17N3O2. The zero-order chi connectivity index (χ0) is 11.8. The standard InChI is InChI=1S/C11H17N3O2/c1-2-16-11(15)9-4-5-10(14-8-9)13-7-3-6-12/h4-5,8H,2-3,6-7,12H2,1H3,(H,13,14). The molecule has 1 aromatic rings. The van der Waals surface area contributed by atoms with Crippen LogP contribution in [0, 0.1) is 0 Å². The number of esters is 1. The van der Waals surface area contributed by atoms with Crippen molar-refractivity contribution in [1.29, 1.82) is 0 Å². The molecule has 5 heteroatoms. The Kier molecular flexibility index (Phi) is 5.28. The molecule has 0 saturated heterocycles. The van der Waals surface area contributed by atoms with Crippen molar-refractivity contribution in [1.82, 2.24) is 4.98 Å². The van der Waals surface area contributed by atoms with Crippen molar-refractivity contribution in [3.05, 3.63) is 23.9 Å². The summed E-state index contributed by atoms with van der Waals surface area (Å²) in [4.78, 5) is 15.4. The molecule has 0 aromatic carbocycles. The number of nitrogens with zero attached hydrogens (tertiary/aromatic N) is 1. The number of aromatic nitrogens is 1. The molecule has 0 amide bonds. The highest BCUT2D eigenvalue weighted by atomic mass is 16.5. The predicted octanol–water partition coefficient (Wildman–Crippen LogP) is 1.02. The van der Waals surface area contributed by atoms with Crippen LogP contribution >= 0.6 is 0 Å². The second kappa shape index (κ2) is 6.79. The van der Waals surface area contributed by atoms with Gasteiger partial charge in [-0.05, 0) is 32.0 Å². The molecule has 0 bridgehead atoms. The lowest BCUT2D eigenvalue weighted by molar-refractivity contribution is 0.0526. The summed E-state index contributed by atoms with van der Waals surface area (Å²) in [6.45, 7) is 3.57. The molecule has 0 saturated carbocycles. The van der Waals surface area contributed by atoms with Crippen LogP contribution < -0.4 is 11.1 Å². The Balaban J connectivity index is 2.50. The molecule has 0 spiro atoms. The highest BCUT2D eigenvalue weighted by molar-refractivity contribution is 5.89. The third-order valence-electron chi connectivity index (χ3n) is 1.96. The summed E-state index contributed by atoms with van der Waals surface area (Å²) in [6, 6.07) is 3.44. The lowest BCUT2D eigenvalue weighted by Gasteiger charge is -2.05. The van der Waals surface area contributed by atoms with Crippen molar-refractivity contribution >= 4 is 11.8 Å². The second-order valence-corrected chi connectivity index (χ2v) is 3.22. The van der Waals surface area contributed by atoms with Gasteiger partial charge in [0.05, 0.1) is 12.2 Å². The fourth-order valence-electron chi connectivity index (χ4n) is 1.15.